The number of fused-ring (bicyclic) bond motifs is 1. The second-order valence-corrected chi connectivity index (χ2v) is 8.24. The van der Waals surface area contributed by atoms with E-state index >= 15 is 0 Å². The highest BCUT2D eigenvalue weighted by molar-refractivity contribution is 8.01. The fourth-order valence-electron chi connectivity index (χ4n) is 2.75. The lowest BCUT2D eigenvalue weighted by Gasteiger charge is -2.23. The minimum Gasteiger partial charge on any atom is -0.324 e. The van der Waals surface area contributed by atoms with Crippen LogP contribution in [0.5, 0.6) is 0 Å². The minimum absolute atomic E-state index is 0.0857. The van der Waals surface area contributed by atoms with Gasteiger partial charge in [-0.1, -0.05) is 29.5 Å². The van der Waals surface area contributed by atoms with Gasteiger partial charge in [0.1, 0.15) is 0 Å². The Labute approximate surface area is 164 Å². The van der Waals surface area contributed by atoms with E-state index in [1.165, 1.54) is 23.1 Å². The van der Waals surface area contributed by atoms with Gasteiger partial charge in [-0.05, 0) is 31.2 Å². The first-order valence-corrected chi connectivity index (χ1v) is 10.0. The molecule has 0 spiro atoms. The van der Waals surface area contributed by atoms with Crippen molar-refractivity contribution in [2.75, 3.05) is 10.6 Å². The molecule has 6 nitrogen and oxygen atoms in total. The molecule has 2 aromatic heterocycles. The normalized spacial score (nSPS) is 15.7. The number of nitrogens with zero attached hydrogens (tertiary/aromatic N) is 2. The number of benzene rings is 1. The predicted octanol–water partition coefficient (Wildman–Crippen LogP) is 3.96. The Hall–Kier alpha value is -2.71. The number of anilines is 2. The molecule has 0 bridgehead atoms. The number of aromatic nitrogens is 2. The van der Waals surface area contributed by atoms with Crippen LogP contribution in [-0.4, -0.2) is 27.0 Å². The smallest absolute Gasteiger partial charge is 0.238 e. The Morgan fingerprint density at radius 3 is 2.85 bits per heavy atom. The van der Waals surface area contributed by atoms with E-state index in [1.54, 1.807) is 6.20 Å². The van der Waals surface area contributed by atoms with Crippen LogP contribution in [0.2, 0.25) is 0 Å². The molecule has 3 aromatic rings. The van der Waals surface area contributed by atoms with Crippen LogP contribution >= 0.6 is 23.1 Å². The number of amides is 2. The van der Waals surface area contributed by atoms with Crippen LogP contribution < -0.4 is 10.6 Å². The molecule has 8 heteroatoms. The van der Waals surface area contributed by atoms with E-state index in [1.807, 2.05) is 49.4 Å². The average molecular weight is 396 g/mol. The number of thiazole rings is 1. The van der Waals surface area contributed by atoms with Gasteiger partial charge in [0.25, 0.3) is 0 Å². The van der Waals surface area contributed by atoms with Gasteiger partial charge < -0.3 is 10.6 Å². The van der Waals surface area contributed by atoms with Gasteiger partial charge in [0.15, 0.2) is 5.13 Å². The first kappa shape index (κ1) is 17.7. The van der Waals surface area contributed by atoms with Crippen molar-refractivity contribution in [1.29, 1.82) is 0 Å². The molecule has 1 atom stereocenters. The summed E-state index contributed by atoms with van der Waals surface area (Å²) in [5.41, 5.74) is 2.43. The highest BCUT2D eigenvalue weighted by Gasteiger charge is 2.29. The minimum atomic E-state index is -0.462. The van der Waals surface area contributed by atoms with E-state index < -0.39 is 5.25 Å². The lowest BCUT2D eigenvalue weighted by atomic mass is 10.2. The Balaban J connectivity index is 1.44. The fraction of sp³-hybridized carbons (Fsp3) is 0.158. The van der Waals surface area contributed by atoms with Crippen LogP contribution in [-0.2, 0) is 9.59 Å². The van der Waals surface area contributed by atoms with Crippen molar-refractivity contribution < 1.29 is 9.59 Å². The molecule has 1 aromatic carbocycles. The van der Waals surface area contributed by atoms with Crippen molar-refractivity contribution >= 4 is 45.7 Å². The van der Waals surface area contributed by atoms with Gasteiger partial charge in [-0.25, -0.2) is 4.98 Å². The van der Waals surface area contributed by atoms with Crippen molar-refractivity contribution in [2.45, 2.75) is 23.5 Å². The van der Waals surface area contributed by atoms with Crippen LogP contribution in [0.25, 0.3) is 10.6 Å². The molecular weight excluding hydrogens is 380 g/mol. The highest BCUT2D eigenvalue weighted by Crippen LogP contribution is 2.37. The zero-order valence-corrected chi connectivity index (χ0v) is 16.1. The van der Waals surface area contributed by atoms with E-state index in [0.29, 0.717) is 5.13 Å². The predicted molar refractivity (Wildman–Crippen MR) is 108 cm³/mol. The van der Waals surface area contributed by atoms with Crippen LogP contribution in [0.3, 0.4) is 0 Å². The number of nitrogens with one attached hydrogen (secondary N) is 2. The third-order valence-electron chi connectivity index (χ3n) is 4.02. The molecule has 0 aliphatic carbocycles. The fourth-order valence-corrected chi connectivity index (χ4v) is 4.82. The van der Waals surface area contributed by atoms with Gasteiger partial charge >= 0.3 is 0 Å². The number of carbonyl (C=O) groups is 2. The lowest BCUT2D eigenvalue weighted by molar-refractivity contribution is -0.120. The van der Waals surface area contributed by atoms with Crippen LogP contribution in [0.4, 0.5) is 10.8 Å². The second-order valence-electron chi connectivity index (χ2n) is 5.99. The molecule has 0 radical (unpaired) electrons. The third kappa shape index (κ3) is 3.86. The number of carbonyl (C=O) groups excluding carboxylic acids is 2. The second kappa shape index (κ2) is 7.50. The Morgan fingerprint density at radius 2 is 2.04 bits per heavy atom. The molecule has 3 heterocycles. The number of pyridine rings is 1. The molecule has 2 amide bonds. The summed E-state index contributed by atoms with van der Waals surface area (Å²) in [6.07, 6.45) is 1.81. The number of aryl methyl sites for hydroxylation is 1. The monoisotopic (exact) mass is 396 g/mol. The molecule has 1 aliphatic rings. The van der Waals surface area contributed by atoms with Gasteiger partial charge in [0.2, 0.25) is 11.8 Å². The van der Waals surface area contributed by atoms with Gasteiger partial charge in [-0.15, -0.1) is 11.8 Å². The quantitative estimate of drug-likeness (QED) is 0.697. The molecule has 2 N–H and O–H groups in total. The first-order valence-electron chi connectivity index (χ1n) is 8.35. The van der Waals surface area contributed by atoms with Crippen molar-refractivity contribution in [1.82, 2.24) is 9.97 Å². The largest absolute Gasteiger partial charge is 0.324 e. The summed E-state index contributed by atoms with van der Waals surface area (Å²) >= 11 is 2.79. The van der Waals surface area contributed by atoms with Crippen molar-refractivity contribution in [3.8, 4) is 10.6 Å². The maximum Gasteiger partial charge on any atom is 0.238 e. The SMILES string of the molecule is Cc1nc(NC(=O)C[C@@H]2Sc3ccccc3NC2=O)sc1-c1ccccn1. The Kier molecular flexibility index (Phi) is 4.91. The number of hydrogen-bond donors (Lipinski definition) is 2. The highest BCUT2D eigenvalue weighted by atomic mass is 32.2. The summed E-state index contributed by atoms with van der Waals surface area (Å²) in [5, 5.41) is 5.72. The number of thioether (sulfide) groups is 1. The number of rotatable bonds is 4. The molecule has 0 unspecified atom stereocenters. The summed E-state index contributed by atoms with van der Waals surface area (Å²) in [5.74, 6) is -0.387. The zero-order valence-electron chi connectivity index (χ0n) is 14.4. The molecule has 1 aliphatic heterocycles. The summed E-state index contributed by atoms with van der Waals surface area (Å²) in [4.78, 5) is 35.3. The van der Waals surface area contributed by atoms with E-state index in [0.717, 1.165) is 26.8 Å². The maximum atomic E-state index is 12.4. The Morgan fingerprint density at radius 1 is 1.22 bits per heavy atom. The van der Waals surface area contributed by atoms with Crippen molar-refractivity contribution in [2.24, 2.45) is 0 Å². The number of para-hydroxylation sites is 1. The first-order chi connectivity index (χ1) is 13.1. The number of hydrogen-bond acceptors (Lipinski definition) is 6. The standard InChI is InChI=1S/C19H16N4O2S2/c1-11-17(13-7-4-5-9-20-13)27-19(21-11)23-16(24)10-15-18(25)22-12-6-2-3-8-14(12)26-15/h2-9,15H,10H2,1H3,(H,22,25)(H,21,23,24)/t15-/m0/s1. The molecular formula is C19H16N4O2S2. The third-order valence-corrected chi connectivity index (χ3v) is 6.39. The summed E-state index contributed by atoms with van der Waals surface area (Å²) in [7, 11) is 0. The van der Waals surface area contributed by atoms with E-state index in [-0.39, 0.29) is 18.2 Å². The molecule has 0 fully saturated rings. The van der Waals surface area contributed by atoms with Crippen LogP contribution in [0.15, 0.2) is 53.6 Å². The van der Waals surface area contributed by atoms with Crippen LogP contribution in [0, 0.1) is 6.92 Å². The van der Waals surface area contributed by atoms with Crippen LogP contribution in [0.1, 0.15) is 12.1 Å². The summed E-state index contributed by atoms with van der Waals surface area (Å²) in [6, 6.07) is 13.3. The molecule has 0 saturated carbocycles. The summed E-state index contributed by atoms with van der Waals surface area (Å²) in [6.45, 7) is 1.89. The Bertz CT molecular complexity index is 1000. The molecule has 4 rings (SSSR count). The summed E-state index contributed by atoms with van der Waals surface area (Å²) < 4.78 is 0. The van der Waals surface area contributed by atoms with Gasteiger partial charge in [0, 0.05) is 17.5 Å². The van der Waals surface area contributed by atoms with Gasteiger partial charge in [-0.3, -0.25) is 14.6 Å². The molecule has 0 saturated heterocycles. The van der Waals surface area contributed by atoms with Crippen molar-refractivity contribution in [3.63, 3.8) is 0 Å². The molecule has 136 valence electrons. The molecule has 27 heavy (non-hydrogen) atoms. The average Bonchev–Trinajstić information content (AvgIpc) is 3.03. The van der Waals surface area contributed by atoms with Gasteiger partial charge in [-0.2, -0.15) is 0 Å². The zero-order chi connectivity index (χ0) is 18.8. The van der Waals surface area contributed by atoms with E-state index in [9.17, 15) is 9.59 Å². The van der Waals surface area contributed by atoms with E-state index in [2.05, 4.69) is 20.6 Å². The van der Waals surface area contributed by atoms with Gasteiger partial charge in [0.05, 0.1) is 27.2 Å². The topological polar surface area (TPSA) is 84.0 Å². The van der Waals surface area contributed by atoms with E-state index in [4.69, 9.17) is 0 Å². The van der Waals surface area contributed by atoms with Crippen molar-refractivity contribution in [3.05, 3.63) is 54.4 Å². The lowest BCUT2D eigenvalue weighted by Crippen LogP contribution is -2.32. The maximum absolute atomic E-state index is 12.4.